The van der Waals surface area contributed by atoms with Crippen molar-refractivity contribution in [1.82, 2.24) is 10.2 Å². The number of hydrogen-bond acceptors (Lipinski definition) is 2. The highest BCUT2D eigenvalue weighted by Gasteiger charge is 2.16. The maximum absolute atomic E-state index is 6.22. The summed E-state index contributed by atoms with van der Waals surface area (Å²) in [5.74, 6) is 0. The number of likely N-dealkylation sites (N-methyl/N-ethyl adjacent to an activating group) is 1. The van der Waals surface area contributed by atoms with Gasteiger partial charge in [0, 0.05) is 18.6 Å². The molecule has 2 atom stereocenters. The third kappa shape index (κ3) is 4.29. The van der Waals surface area contributed by atoms with E-state index in [2.05, 4.69) is 38.2 Å². The molecule has 0 saturated carbocycles. The minimum absolute atomic E-state index is 0.127. The molecular weight excluding hydrogens is 291 g/mol. The summed E-state index contributed by atoms with van der Waals surface area (Å²) in [5, 5.41) is 4.92. The van der Waals surface area contributed by atoms with Crippen molar-refractivity contribution in [3.63, 3.8) is 0 Å². The molecule has 0 saturated heterocycles. The van der Waals surface area contributed by atoms with Crippen LogP contribution < -0.4 is 5.32 Å². The van der Waals surface area contributed by atoms with Crippen LogP contribution in [0.1, 0.15) is 25.5 Å². The minimum Gasteiger partial charge on any atom is -0.308 e. The SMILES string of the molecule is CC(CN(C)C)NC(C)c1ccc(Cl)c(Cl)c1Cl. The van der Waals surface area contributed by atoms with E-state index < -0.39 is 0 Å². The lowest BCUT2D eigenvalue weighted by Gasteiger charge is -2.24. The summed E-state index contributed by atoms with van der Waals surface area (Å²) in [4.78, 5) is 2.14. The van der Waals surface area contributed by atoms with Crippen molar-refractivity contribution >= 4 is 34.8 Å². The summed E-state index contributed by atoms with van der Waals surface area (Å²) in [6.45, 7) is 5.17. The fourth-order valence-electron chi connectivity index (χ4n) is 1.99. The third-order valence-electron chi connectivity index (χ3n) is 2.71. The van der Waals surface area contributed by atoms with Crippen LogP contribution in [0.15, 0.2) is 12.1 Å². The molecule has 1 N–H and O–H groups in total. The first-order valence-electron chi connectivity index (χ1n) is 5.87. The van der Waals surface area contributed by atoms with Crippen molar-refractivity contribution in [3.05, 3.63) is 32.8 Å². The van der Waals surface area contributed by atoms with Gasteiger partial charge in [-0.15, -0.1) is 0 Å². The normalized spacial score (nSPS) is 14.9. The summed E-state index contributed by atoms with van der Waals surface area (Å²) in [7, 11) is 4.10. The first kappa shape index (κ1) is 16.1. The highest BCUT2D eigenvalue weighted by atomic mass is 35.5. The standard InChI is InChI=1S/C13H19Cl3N2/c1-8(7-18(3)4)17-9(2)10-5-6-11(14)13(16)12(10)15/h5-6,8-9,17H,7H2,1-4H3. The molecule has 1 rings (SSSR count). The van der Waals surface area contributed by atoms with E-state index in [1.54, 1.807) is 6.07 Å². The van der Waals surface area contributed by atoms with E-state index in [4.69, 9.17) is 34.8 Å². The minimum atomic E-state index is 0.127. The molecule has 18 heavy (non-hydrogen) atoms. The number of nitrogens with zero attached hydrogens (tertiary/aromatic N) is 1. The van der Waals surface area contributed by atoms with Gasteiger partial charge >= 0.3 is 0 Å². The van der Waals surface area contributed by atoms with E-state index in [0.29, 0.717) is 21.1 Å². The lowest BCUT2D eigenvalue weighted by atomic mass is 10.1. The Morgan fingerprint density at radius 3 is 2.28 bits per heavy atom. The molecule has 5 heteroatoms. The molecule has 0 heterocycles. The molecule has 0 spiro atoms. The van der Waals surface area contributed by atoms with Gasteiger partial charge in [0.25, 0.3) is 0 Å². The first-order chi connectivity index (χ1) is 8.32. The molecule has 0 radical (unpaired) electrons. The highest BCUT2D eigenvalue weighted by Crippen LogP contribution is 2.35. The van der Waals surface area contributed by atoms with Gasteiger partial charge in [0.1, 0.15) is 0 Å². The van der Waals surface area contributed by atoms with Crippen molar-refractivity contribution in [3.8, 4) is 0 Å². The van der Waals surface area contributed by atoms with Crippen LogP contribution in [0, 0.1) is 0 Å². The van der Waals surface area contributed by atoms with Gasteiger partial charge in [-0.2, -0.15) is 0 Å². The number of rotatable bonds is 5. The Labute approximate surface area is 124 Å². The van der Waals surface area contributed by atoms with E-state index in [1.165, 1.54) is 0 Å². The topological polar surface area (TPSA) is 15.3 Å². The van der Waals surface area contributed by atoms with Gasteiger partial charge in [-0.05, 0) is 39.6 Å². The number of halogens is 3. The Morgan fingerprint density at radius 2 is 1.72 bits per heavy atom. The second-order valence-corrected chi connectivity index (χ2v) is 5.98. The van der Waals surface area contributed by atoms with Crippen molar-refractivity contribution in [1.29, 1.82) is 0 Å². The van der Waals surface area contributed by atoms with Crippen LogP contribution in [0.4, 0.5) is 0 Å². The quantitative estimate of drug-likeness (QED) is 0.818. The third-order valence-corrected chi connectivity index (χ3v) is 4.01. The average molecular weight is 310 g/mol. The molecule has 1 aromatic carbocycles. The zero-order valence-corrected chi connectivity index (χ0v) is 13.4. The highest BCUT2D eigenvalue weighted by molar-refractivity contribution is 6.48. The predicted octanol–water partition coefficient (Wildman–Crippen LogP) is 4.25. The van der Waals surface area contributed by atoms with Gasteiger partial charge in [-0.3, -0.25) is 0 Å². The summed E-state index contributed by atoms with van der Waals surface area (Å²) < 4.78 is 0. The molecule has 2 unspecified atom stereocenters. The van der Waals surface area contributed by atoms with Gasteiger partial charge in [-0.1, -0.05) is 40.9 Å². The van der Waals surface area contributed by atoms with E-state index in [0.717, 1.165) is 12.1 Å². The second-order valence-electron chi connectivity index (χ2n) is 4.82. The van der Waals surface area contributed by atoms with Crippen LogP contribution in [0.25, 0.3) is 0 Å². The molecule has 0 aliphatic heterocycles. The molecule has 2 nitrogen and oxygen atoms in total. The van der Waals surface area contributed by atoms with Crippen molar-refractivity contribution in [2.75, 3.05) is 20.6 Å². The Bertz CT molecular complexity index is 407. The summed E-state index contributed by atoms with van der Waals surface area (Å²) >= 11 is 18.2. The Hall–Kier alpha value is 0.01000. The lowest BCUT2D eigenvalue weighted by molar-refractivity contribution is 0.334. The zero-order chi connectivity index (χ0) is 13.9. The predicted molar refractivity (Wildman–Crippen MR) is 81.0 cm³/mol. The van der Waals surface area contributed by atoms with E-state index in [-0.39, 0.29) is 6.04 Å². The van der Waals surface area contributed by atoms with Crippen molar-refractivity contribution < 1.29 is 0 Å². The fraction of sp³-hybridized carbons (Fsp3) is 0.538. The maximum Gasteiger partial charge on any atom is 0.0781 e. The molecular formula is C13H19Cl3N2. The van der Waals surface area contributed by atoms with Crippen molar-refractivity contribution in [2.24, 2.45) is 0 Å². The maximum atomic E-state index is 6.22. The second kappa shape index (κ2) is 6.97. The molecule has 0 aromatic heterocycles. The van der Waals surface area contributed by atoms with E-state index >= 15 is 0 Å². The summed E-state index contributed by atoms with van der Waals surface area (Å²) in [6.07, 6.45) is 0. The zero-order valence-electron chi connectivity index (χ0n) is 11.1. The van der Waals surface area contributed by atoms with Crippen LogP contribution in [0.3, 0.4) is 0 Å². The van der Waals surface area contributed by atoms with Gasteiger partial charge in [0.2, 0.25) is 0 Å². The van der Waals surface area contributed by atoms with Gasteiger partial charge in [0.05, 0.1) is 15.1 Å². The van der Waals surface area contributed by atoms with Gasteiger partial charge in [-0.25, -0.2) is 0 Å². The molecule has 0 bridgehead atoms. The van der Waals surface area contributed by atoms with Crippen LogP contribution >= 0.6 is 34.8 Å². The van der Waals surface area contributed by atoms with Crippen LogP contribution in [-0.4, -0.2) is 31.6 Å². The Kier molecular flexibility index (Phi) is 6.22. The fourth-order valence-corrected chi connectivity index (χ4v) is 2.70. The van der Waals surface area contributed by atoms with Crippen LogP contribution in [0.5, 0.6) is 0 Å². The molecule has 0 aliphatic carbocycles. The van der Waals surface area contributed by atoms with E-state index in [9.17, 15) is 0 Å². The number of benzene rings is 1. The van der Waals surface area contributed by atoms with Crippen LogP contribution in [0.2, 0.25) is 15.1 Å². The molecule has 0 amide bonds. The summed E-state index contributed by atoms with van der Waals surface area (Å²) in [5.41, 5.74) is 0.969. The number of nitrogens with one attached hydrogen (secondary N) is 1. The van der Waals surface area contributed by atoms with E-state index in [1.807, 2.05) is 6.07 Å². The smallest absolute Gasteiger partial charge is 0.0781 e. The largest absolute Gasteiger partial charge is 0.308 e. The summed E-state index contributed by atoms with van der Waals surface area (Å²) in [6, 6.07) is 4.18. The van der Waals surface area contributed by atoms with Crippen LogP contribution in [-0.2, 0) is 0 Å². The average Bonchev–Trinajstić information content (AvgIpc) is 2.24. The van der Waals surface area contributed by atoms with Crippen molar-refractivity contribution in [2.45, 2.75) is 25.9 Å². The molecule has 0 aliphatic rings. The number of hydrogen-bond donors (Lipinski definition) is 1. The monoisotopic (exact) mass is 308 g/mol. The molecule has 102 valence electrons. The molecule has 0 fully saturated rings. The Morgan fingerprint density at radius 1 is 1.11 bits per heavy atom. The Balaban J connectivity index is 2.78. The molecule has 1 aromatic rings. The van der Waals surface area contributed by atoms with Gasteiger partial charge in [0.15, 0.2) is 0 Å². The first-order valence-corrected chi connectivity index (χ1v) is 7.00. The van der Waals surface area contributed by atoms with Gasteiger partial charge < -0.3 is 10.2 Å². The lowest BCUT2D eigenvalue weighted by Crippen LogP contribution is -2.37.